The van der Waals surface area contributed by atoms with E-state index in [0.717, 1.165) is 66.6 Å². The van der Waals surface area contributed by atoms with Crippen molar-refractivity contribution in [2.45, 2.75) is 0 Å². The maximum Gasteiger partial charge on any atom is 0.182 e. The highest BCUT2D eigenvalue weighted by Crippen LogP contribution is 2.33. The molecule has 4 aromatic heterocycles. The van der Waals surface area contributed by atoms with Crippen LogP contribution >= 0.6 is 0 Å². The highest BCUT2D eigenvalue weighted by atomic mass is 15.0. The van der Waals surface area contributed by atoms with Crippen LogP contribution in [0.3, 0.4) is 0 Å². The van der Waals surface area contributed by atoms with Gasteiger partial charge in [0.2, 0.25) is 0 Å². The van der Waals surface area contributed by atoms with Crippen LogP contribution in [0.25, 0.3) is 89.7 Å². The number of pyridine rings is 3. The first kappa shape index (κ1) is 29.2. The molecule has 50 heavy (non-hydrogen) atoms. The molecule has 0 saturated heterocycles. The number of aromatic nitrogens is 6. The van der Waals surface area contributed by atoms with Crippen LogP contribution in [-0.2, 0) is 0 Å². The van der Waals surface area contributed by atoms with Crippen molar-refractivity contribution in [3.05, 3.63) is 170 Å². The Labute approximate surface area is 288 Å². The maximum atomic E-state index is 5.07. The first-order valence-electron chi connectivity index (χ1n) is 16.5. The molecule has 0 aliphatic rings. The van der Waals surface area contributed by atoms with Crippen molar-refractivity contribution in [3.63, 3.8) is 0 Å². The molecule has 234 valence electrons. The maximum absolute atomic E-state index is 5.07. The second-order valence-corrected chi connectivity index (χ2v) is 12.0. The van der Waals surface area contributed by atoms with E-state index in [1.165, 1.54) is 0 Å². The third-order valence-corrected chi connectivity index (χ3v) is 8.81. The molecule has 5 aromatic carbocycles. The Hall–Kier alpha value is -6.92. The van der Waals surface area contributed by atoms with Gasteiger partial charge >= 0.3 is 0 Å². The third kappa shape index (κ3) is 5.55. The van der Waals surface area contributed by atoms with Crippen molar-refractivity contribution < 1.29 is 0 Å². The lowest BCUT2D eigenvalue weighted by atomic mass is 10.0. The van der Waals surface area contributed by atoms with Crippen LogP contribution in [0, 0.1) is 0 Å². The van der Waals surface area contributed by atoms with Gasteiger partial charge in [0.15, 0.2) is 17.5 Å². The summed E-state index contributed by atoms with van der Waals surface area (Å²) in [7, 11) is 0. The highest BCUT2D eigenvalue weighted by molar-refractivity contribution is 6.10. The fourth-order valence-electron chi connectivity index (χ4n) is 6.28. The molecule has 0 aliphatic heterocycles. The van der Waals surface area contributed by atoms with Crippen molar-refractivity contribution in [1.82, 2.24) is 29.9 Å². The lowest BCUT2D eigenvalue weighted by molar-refractivity contribution is 1.06. The zero-order valence-electron chi connectivity index (χ0n) is 26.8. The van der Waals surface area contributed by atoms with Crippen LogP contribution in [0.2, 0.25) is 0 Å². The Bertz CT molecular complexity index is 2620. The molecule has 0 fully saturated rings. The van der Waals surface area contributed by atoms with Crippen LogP contribution in [0.15, 0.2) is 170 Å². The summed E-state index contributed by atoms with van der Waals surface area (Å²) in [6, 6.07) is 55.2. The third-order valence-electron chi connectivity index (χ3n) is 8.81. The lowest BCUT2D eigenvalue weighted by Crippen LogP contribution is -2.01. The zero-order chi connectivity index (χ0) is 33.3. The summed E-state index contributed by atoms with van der Waals surface area (Å²) in [6.07, 6.45) is 1.83. The van der Waals surface area contributed by atoms with Gasteiger partial charge in [0.1, 0.15) is 5.69 Å². The summed E-state index contributed by atoms with van der Waals surface area (Å²) in [4.78, 5) is 29.6. The molecule has 0 saturated carbocycles. The van der Waals surface area contributed by atoms with Gasteiger partial charge in [0.05, 0.1) is 22.6 Å². The topological polar surface area (TPSA) is 77.3 Å². The minimum Gasteiger partial charge on any atom is -0.252 e. The Morgan fingerprint density at radius 1 is 0.280 bits per heavy atom. The average Bonchev–Trinajstić information content (AvgIpc) is 3.21. The second kappa shape index (κ2) is 12.6. The monoisotopic (exact) mass is 640 g/mol. The summed E-state index contributed by atoms with van der Waals surface area (Å²) in [5.41, 5.74) is 9.04. The Morgan fingerprint density at radius 2 is 0.820 bits per heavy atom. The minimum atomic E-state index is 0.501. The molecule has 9 aromatic rings. The number of hydrogen-bond donors (Lipinski definition) is 0. The Balaban J connectivity index is 1.08. The minimum absolute atomic E-state index is 0.501. The number of benzene rings is 5. The van der Waals surface area contributed by atoms with E-state index in [2.05, 4.69) is 66.7 Å². The molecule has 0 atom stereocenters. The van der Waals surface area contributed by atoms with Crippen molar-refractivity contribution in [2.75, 3.05) is 0 Å². The second-order valence-electron chi connectivity index (χ2n) is 12.0. The van der Waals surface area contributed by atoms with E-state index in [-0.39, 0.29) is 0 Å². The first-order valence-corrected chi connectivity index (χ1v) is 16.5. The number of fused-ring (bicyclic) bond motifs is 3. The van der Waals surface area contributed by atoms with E-state index in [1.807, 2.05) is 103 Å². The Kier molecular flexibility index (Phi) is 7.37. The quantitative estimate of drug-likeness (QED) is 0.168. The van der Waals surface area contributed by atoms with E-state index < -0.39 is 0 Å². The standard InChI is InChI=1S/C44H28N6/c1-3-12-29(13-4-1)30-22-24-32(25-23-30)43-48-42(31-14-5-2-6-15-31)49-44(50-43)40-27-26-33(28-45-40)37-20-11-21-39(46-37)41-36-18-8-7-16-34(36)35-17-9-10-19-38(35)47-41/h1-28H. The molecule has 0 amide bonds. The van der Waals surface area contributed by atoms with Crippen LogP contribution in [0.4, 0.5) is 0 Å². The number of rotatable bonds is 6. The summed E-state index contributed by atoms with van der Waals surface area (Å²) in [5.74, 6) is 1.68. The molecular weight excluding hydrogens is 613 g/mol. The van der Waals surface area contributed by atoms with Crippen molar-refractivity contribution in [3.8, 4) is 68.1 Å². The average molecular weight is 641 g/mol. The lowest BCUT2D eigenvalue weighted by Gasteiger charge is -2.11. The summed E-state index contributed by atoms with van der Waals surface area (Å²) < 4.78 is 0. The van der Waals surface area contributed by atoms with E-state index in [1.54, 1.807) is 0 Å². The van der Waals surface area contributed by atoms with Gasteiger partial charge in [0.25, 0.3) is 0 Å². The molecule has 0 unspecified atom stereocenters. The van der Waals surface area contributed by atoms with Crippen LogP contribution in [0.1, 0.15) is 0 Å². The van der Waals surface area contributed by atoms with Crippen LogP contribution in [-0.4, -0.2) is 29.9 Å². The van der Waals surface area contributed by atoms with Gasteiger partial charge < -0.3 is 0 Å². The number of hydrogen-bond acceptors (Lipinski definition) is 6. The predicted octanol–water partition coefficient (Wildman–Crippen LogP) is 10.4. The summed E-state index contributed by atoms with van der Waals surface area (Å²) >= 11 is 0. The van der Waals surface area contributed by atoms with Crippen molar-refractivity contribution in [2.24, 2.45) is 0 Å². The first-order chi connectivity index (χ1) is 24.8. The normalized spacial score (nSPS) is 11.2. The summed E-state index contributed by atoms with van der Waals surface area (Å²) in [5, 5.41) is 3.35. The van der Waals surface area contributed by atoms with Gasteiger partial charge in [-0.15, -0.1) is 0 Å². The molecule has 0 aliphatic carbocycles. The van der Waals surface area contributed by atoms with Crippen molar-refractivity contribution in [1.29, 1.82) is 0 Å². The molecule has 0 spiro atoms. The van der Waals surface area contributed by atoms with Gasteiger partial charge in [-0.1, -0.05) is 133 Å². The van der Waals surface area contributed by atoms with Gasteiger partial charge in [-0.2, -0.15) is 0 Å². The van der Waals surface area contributed by atoms with Crippen molar-refractivity contribution >= 4 is 21.7 Å². The van der Waals surface area contributed by atoms with E-state index in [9.17, 15) is 0 Å². The fourth-order valence-corrected chi connectivity index (χ4v) is 6.28. The van der Waals surface area contributed by atoms with E-state index >= 15 is 0 Å². The SMILES string of the molecule is c1ccc(-c2ccc(-c3nc(-c4ccccc4)nc(-c4ccc(-c5cccc(-c6nc7ccccc7c7ccccc67)n5)cn4)n3)cc2)cc1. The van der Waals surface area contributed by atoms with Gasteiger partial charge in [-0.3, -0.25) is 4.98 Å². The van der Waals surface area contributed by atoms with E-state index in [4.69, 9.17) is 29.9 Å². The smallest absolute Gasteiger partial charge is 0.182 e. The highest BCUT2D eigenvalue weighted by Gasteiger charge is 2.15. The molecule has 9 rings (SSSR count). The van der Waals surface area contributed by atoms with Gasteiger partial charge in [-0.25, -0.2) is 24.9 Å². The molecule has 4 heterocycles. The molecule has 6 nitrogen and oxygen atoms in total. The summed E-state index contributed by atoms with van der Waals surface area (Å²) in [6.45, 7) is 0. The largest absolute Gasteiger partial charge is 0.252 e. The molecule has 6 heteroatoms. The number of para-hydroxylation sites is 1. The Morgan fingerprint density at radius 3 is 1.54 bits per heavy atom. The predicted molar refractivity (Wildman–Crippen MR) is 201 cm³/mol. The fraction of sp³-hybridized carbons (Fsp3) is 0. The molecule has 0 N–H and O–H groups in total. The van der Waals surface area contributed by atoms with Gasteiger partial charge in [0, 0.05) is 33.7 Å². The zero-order valence-corrected chi connectivity index (χ0v) is 26.8. The molecular formula is C44H28N6. The van der Waals surface area contributed by atoms with Crippen LogP contribution < -0.4 is 0 Å². The van der Waals surface area contributed by atoms with E-state index in [0.29, 0.717) is 23.2 Å². The van der Waals surface area contributed by atoms with Crippen LogP contribution in [0.5, 0.6) is 0 Å². The molecule has 0 bridgehead atoms. The number of nitrogens with zero attached hydrogens (tertiary/aromatic N) is 6. The molecule has 0 radical (unpaired) electrons. The van der Waals surface area contributed by atoms with Gasteiger partial charge in [-0.05, 0) is 46.8 Å².